The van der Waals surface area contributed by atoms with Gasteiger partial charge in [-0.15, -0.1) is 0 Å². The molecule has 2 N–H and O–H groups in total. The van der Waals surface area contributed by atoms with Crippen molar-refractivity contribution in [3.8, 4) is 0 Å². The fraction of sp³-hybridized carbons (Fsp3) is 0.222. The van der Waals surface area contributed by atoms with Crippen molar-refractivity contribution in [2.24, 2.45) is 5.14 Å². The summed E-state index contributed by atoms with van der Waals surface area (Å²) in [5, 5.41) is 5.07. The smallest absolute Gasteiger partial charge is 0.225 e. The second kappa shape index (κ2) is 6.51. The van der Waals surface area contributed by atoms with Crippen LogP contribution in [0.4, 0.5) is 17.6 Å². The first-order chi connectivity index (χ1) is 12.1. The summed E-state index contributed by atoms with van der Waals surface area (Å²) in [6.07, 6.45) is -2.81. The normalized spacial score (nSPS) is 15.6. The molecule has 0 amide bonds. The maximum atomic E-state index is 13.5. The monoisotopic (exact) mass is 385 g/mol. The van der Waals surface area contributed by atoms with Crippen LogP contribution in [0, 0.1) is 5.82 Å². The van der Waals surface area contributed by atoms with E-state index in [1.165, 1.54) is 18.2 Å². The molecular formula is C18H15F4NO2S. The predicted octanol–water partition coefficient (Wildman–Crippen LogP) is 4.59. The van der Waals surface area contributed by atoms with E-state index in [-0.39, 0.29) is 4.90 Å². The highest BCUT2D eigenvalue weighted by atomic mass is 32.2. The topological polar surface area (TPSA) is 60.2 Å². The Morgan fingerprint density at radius 1 is 0.885 bits per heavy atom. The van der Waals surface area contributed by atoms with Crippen molar-refractivity contribution in [1.82, 2.24) is 0 Å². The summed E-state index contributed by atoms with van der Waals surface area (Å²) in [6.45, 7) is 0. The van der Waals surface area contributed by atoms with E-state index in [4.69, 9.17) is 5.14 Å². The number of nitrogens with two attached hydrogens (primary N) is 1. The number of benzene rings is 2. The summed E-state index contributed by atoms with van der Waals surface area (Å²) >= 11 is 0. The van der Waals surface area contributed by atoms with Gasteiger partial charge in [0.15, 0.2) is 0 Å². The molecule has 138 valence electrons. The minimum absolute atomic E-state index is 0.0393. The van der Waals surface area contributed by atoms with Crippen LogP contribution in [-0.4, -0.2) is 8.42 Å². The third-order valence-electron chi connectivity index (χ3n) is 4.37. The minimum atomic E-state index is -4.77. The zero-order valence-electron chi connectivity index (χ0n) is 13.5. The number of rotatable bonds is 3. The van der Waals surface area contributed by atoms with E-state index in [9.17, 15) is 26.0 Å². The largest absolute Gasteiger partial charge is 0.419 e. The SMILES string of the molecule is NS(=O)(=O)c1ccc(C2=C(c3ccc(F)c(C(F)(F)F)c3)CCC2)cc1. The van der Waals surface area contributed by atoms with Crippen molar-refractivity contribution in [2.75, 3.05) is 0 Å². The highest BCUT2D eigenvalue weighted by Crippen LogP contribution is 2.41. The average Bonchev–Trinajstić information content (AvgIpc) is 3.03. The maximum Gasteiger partial charge on any atom is 0.419 e. The molecule has 3 nitrogen and oxygen atoms in total. The molecule has 0 radical (unpaired) electrons. The van der Waals surface area contributed by atoms with Gasteiger partial charge in [-0.05, 0) is 65.8 Å². The Morgan fingerprint density at radius 2 is 1.42 bits per heavy atom. The van der Waals surface area contributed by atoms with Gasteiger partial charge in [-0.2, -0.15) is 13.2 Å². The van der Waals surface area contributed by atoms with Gasteiger partial charge < -0.3 is 0 Å². The molecule has 8 heteroatoms. The van der Waals surface area contributed by atoms with Crippen molar-refractivity contribution < 1.29 is 26.0 Å². The van der Waals surface area contributed by atoms with Crippen molar-refractivity contribution in [3.05, 3.63) is 65.0 Å². The van der Waals surface area contributed by atoms with Gasteiger partial charge in [-0.25, -0.2) is 17.9 Å². The molecule has 0 aromatic heterocycles. The number of alkyl halides is 3. The van der Waals surface area contributed by atoms with E-state index in [0.29, 0.717) is 29.5 Å². The lowest BCUT2D eigenvalue weighted by Crippen LogP contribution is -2.11. The van der Waals surface area contributed by atoms with Gasteiger partial charge in [0.25, 0.3) is 0 Å². The van der Waals surface area contributed by atoms with Crippen molar-refractivity contribution >= 4 is 21.2 Å². The Bertz CT molecular complexity index is 977. The molecule has 0 spiro atoms. The summed E-state index contributed by atoms with van der Waals surface area (Å²) in [5.41, 5.74) is 1.27. The Hall–Kier alpha value is -2.19. The highest BCUT2D eigenvalue weighted by molar-refractivity contribution is 7.89. The lowest BCUT2D eigenvalue weighted by Gasteiger charge is -2.13. The zero-order chi connectivity index (χ0) is 19.1. The van der Waals surface area contributed by atoms with E-state index < -0.39 is 27.6 Å². The van der Waals surface area contributed by atoms with Gasteiger partial charge in [0.2, 0.25) is 10.0 Å². The molecule has 0 fully saturated rings. The first-order valence-electron chi connectivity index (χ1n) is 7.80. The summed E-state index contributed by atoms with van der Waals surface area (Å²) in [6, 6.07) is 8.87. The number of primary sulfonamides is 1. The van der Waals surface area contributed by atoms with E-state index in [2.05, 4.69) is 0 Å². The fourth-order valence-corrected chi connectivity index (χ4v) is 3.67. The summed E-state index contributed by atoms with van der Waals surface area (Å²) in [7, 11) is -3.82. The maximum absolute atomic E-state index is 13.5. The van der Waals surface area contributed by atoms with Gasteiger partial charge in [0.05, 0.1) is 10.5 Å². The van der Waals surface area contributed by atoms with Gasteiger partial charge in [-0.3, -0.25) is 0 Å². The molecule has 0 heterocycles. The lowest BCUT2D eigenvalue weighted by atomic mass is 9.95. The molecule has 0 saturated heterocycles. The molecule has 0 saturated carbocycles. The molecule has 1 aliphatic carbocycles. The average molecular weight is 385 g/mol. The van der Waals surface area contributed by atoms with Crippen molar-refractivity contribution in [2.45, 2.75) is 30.3 Å². The van der Waals surface area contributed by atoms with Gasteiger partial charge in [0, 0.05) is 0 Å². The molecule has 1 aliphatic rings. The van der Waals surface area contributed by atoms with Crippen LogP contribution in [0.15, 0.2) is 47.4 Å². The van der Waals surface area contributed by atoms with E-state index in [0.717, 1.165) is 24.1 Å². The van der Waals surface area contributed by atoms with E-state index in [1.807, 2.05) is 0 Å². The molecule has 0 unspecified atom stereocenters. The Labute approximate surface area is 148 Å². The van der Waals surface area contributed by atoms with Crippen LogP contribution in [0.5, 0.6) is 0 Å². The standard InChI is InChI=1S/C18H15F4NO2S/c19-17-9-6-12(10-16(17)18(20,21)22)15-3-1-2-14(15)11-4-7-13(8-5-11)26(23,24)25/h4-10H,1-3H2,(H2,23,24,25). The van der Waals surface area contributed by atoms with Crippen LogP contribution in [0.3, 0.4) is 0 Å². The van der Waals surface area contributed by atoms with Crippen molar-refractivity contribution in [1.29, 1.82) is 0 Å². The first-order valence-corrected chi connectivity index (χ1v) is 9.34. The second-order valence-corrected chi connectivity index (χ2v) is 7.63. The number of allylic oxidation sites excluding steroid dienone is 2. The third-order valence-corrected chi connectivity index (χ3v) is 5.30. The molecular weight excluding hydrogens is 370 g/mol. The van der Waals surface area contributed by atoms with E-state index >= 15 is 0 Å². The van der Waals surface area contributed by atoms with Crippen LogP contribution in [0.25, 0.3) is 11.1 Å². The van der Waals surface area contributed by atoms with Gasteiger partial charge in [-0.1, -0.05) is 18.2 Å². The van der Waals surface area contributed by atoms with Crippen LogP contribution in [-0.2, 0) is 16.2 Å². The molecule has 2 aromatic carbocycles. The first kappa shape index (κ1) is 18.6. The molecule has 26 heavy (non-hydrogen) atoms. The minimum Gasteiger partial charge on any atom is -0.225 e. The third kappa shape index (κ3) is 3.66. The Morgan fingerprint density at radius 3 is 1.96 bits per heavy atom. The zero-order valence-corrected chi connectivity index (χ0v) is 14.3. The van der Waals surface area contributed by atoms with Crippen LogP contribution < -0.4 is 5.14 Å². The summed E-state index contributed by atoms with van der Waals surface area (Å²) in [4.78, 5) is -0.0393. The predicted molar refractivity (Wildman–Crippen MR) is 89.9 cm³/mol. The second-order valence-electron chi connectivity index (χ2n) is 6.07. The molecule has 2 aromatic rings. The quantitative estimate of drug-likeness (QED) is 0.786. The summed E-state index contributed by atoms with van der Waals surface area (Å²) < 4.78 is 75.1. The Balaban J connectivity index is 2.07. The highest BCUT2D eigenvalue weighted by Gasteiger charge is 2.34. The van der Waals surface area contributed by atoms with Gasteiger partial charge >= 0.3 is 6.18 Å². The van der Waals surface area contributed by atoms with Gasteiger partial charge in [0.1, 0.15) is 5.82 Å². The Kier molecular flexibility index (Phi) is 4.66. The lowest BCUT2D eigenvalue weighted by molar-refractivity contribution is -0.140. The molecule has 3 rings (SSSR count). The fourth-order valence-electron chi connectivity index (χ4n) is 3.16. The number of hydrogen-bond donors (Lipinski definition) is 1. The molecule has 0 atom stereocenters. The van der Waals surface area contributed by atoms with Crippen molar-refractivity contribution in [3.63, 3.8) is 0 Å². The summed E-state index contributed by atoms with van der Waals surface area (Å²) in [5.74, 6) is -1.31. The van der Waals surface area contributed by atoms with Crippen LogP contribution >= 0.6 is 0 Å². The van der Waals surface area contributed by atoms with Crippen LogP contribution in [0.1, 0.15) is 36.0 Å². The number of sulfonamides is 1. The number of hydrogen-bond acceptors (Lipinski definition) is 2. The van der Waals surface area contributed by atoms with Crippen LogP contribution in [0.2, 0.25) is 0 Å². The molecule has 0 aliphatic heterocycles. The van der Waals surface area contributed by atoms with E-state index in [1.54, 1.807) is 12.1 Å². The number of halogens is 4. The molecule has 0 bridgehead atoms.